The van der Waals surface area contributed by atoms with E-state index in [0.717, 1.165) is 15.6 Å². The molecule has 0 unspecified atom stereocenters. The lowest BCUT2D eigenvalue weighted by Gasteiger charge is -2.13. The number of nitrogens with one attached hydrogen (secondary N) is 1. The first-order chi connectivity index (χ1) is 12.0. The number of hydrogen-bond donors (Lipinski definition) is 1. The second-order valence-corrected chi connectivity index (χ2v) is 6.98. The molecule has 1 amide bonds. The maximum Gasteiger partial charge on any atom is 0.349 e. The second kappa shape index (κ2) is 7.49. The zero-order valence-corrected chi connectivity index (χ0v) is 14.9. The third-order valence-electron chi connectivity index (χ3n) is 3.87. The minimum absolute atomic E-state index is 0.310. The monoisotopic (exact) mass is 353 g/mol. The van der Waals surface area contributed by atoms with Crippen LogP contribution in [0.2, 0.25) is 0 Å². The van der Waals surface area contributed by atoms with Crippen LogP contribution in [0.1, 0.15) is 27.7 Å². The number of hydrogen-bond acceptors (Lipinski definition) is 4. The topological polar surface area (TPSA) is 55.4 Å². The molecule has 4 nitrogen and oxygen atoms in total. The van der Waals surface area contributed by atoms with Crippen molar-refractivity contribution in [2.45, 2.75) is 26.5 Å². The van der Waals surface area contributed by atoms with E-state index in [9.17, 15) is 9.59 Å². The predicted octanol–water partition coefficient (Wildman–Crippen LogP) is 4.07. The van der Waals surface area contributed by atoms with Gasteiger partial charge in [0.05, 0.1) is 0 Å². The van der Waals surface area contributed by atoms with Gasteiger partial charge in [-0.2, -0.15) is 0 Å². The standard InChI is InChI=1S/C20H19NO3S/c1-13-7-9-15(10-8-13)12-21-19(22)14(2)24-20(23)18-11-16-5-3-4-6-17(16)25-18/h3-11,14H,12H2,1-2H3,(H,21,22)/t14-/m0/s1. The highest BCUT2D eigenvalue weighted by Crippen LogP contribution is 2.26. The lowest BCUT2D eigenvalue weighted by Crippen LogP contribution is -2.35. The van der Waals surface area contributed by atoms with Gasteiger partial charge in [0.25, 0.3) is 5.91 Å². The Labute approximate surface area is 150 Å². The van der Waals surface area contributed by atoms with Gasteiger partial charge >= 0.3 is 5.97 Å². The maximum absolute atomic E-state index is 12.2. The van der Waals surface area contributed by atoms with E-state index in [1.54, 1.807) is 13.0 Å². The molecule has 1 N–H and O–H groups in total. The molecular weight excluding hydrogens is 334 g/mol. The summed E-state index contributed by atoms with van der Waals surface area (Å²) < 4.78 is 6.31. The van der Waals surface area contributed by atoms with Gasteiger partial charge in [-0.15, -0.1) is 11.3 Å². The van der Waals surface area contributed by atoms with Crippen LogP contribution in [0.4, 0.5) is 0 Å². The van der Waals surface area contributed by atoms with Crippen LogP contribution in [0.5, 0.6) is 0 Å². The third-order valence-corrected chi connectivity index (χ3v) is 4.96. The zero-order valence-electron chi connectivity index (χ0n) is 14.1. The number of thiophene rings is 1. The molecule has 2 aromatic carbocycles. The first kappa shape index (κ1) is 17.2. The first-order valence-electron chi connectivity index (χ1n) is 8.06. The molecule has 0 aliphatic carbocycles. The van der Waals surface area contributed by atoms with Crippen molar-refractivity contribution < 1.29 is 14.3 Å². The lowest BCUT2D eigenvalue weighted by molar-refractivity contribution is -0.129. The van der Waals surface area contributed by atoms with E-state index >= 15 is 0 Å². The van der Waals surface area contributed by atoms with Crippen LogP contribution < -0.4 is 5.32 Å². The highest BCUT2D eigenvalue weighted by atomic mass is 32.1. The van der Waals surface area contributed by atoms with Crippen molar-refractivity contribution in [3.05, 3.63) is 70.6 Å². The summed E-state index contributed by atoms with van der Waals surface area (Å²) in [7, 11) is 0. The van der Waals surface area contributed by atoms with Crippen LogP contribution in [0, 0.1) is 6.92 Å². The fraction of sp³-hybridized carbons (Fsp3) is 0.200. The summed E-state index contributed by atoms with van der Waals surface area (Å²) in [4.78, 5) is 24.9. The van der Waals surface area contributed by atoms with E-state index in [1.165, 1.54) is 16.9 Å². The number of fused-ring (bicyclic) bond motifs is 1. The Morgan fingerprint density at radius 3 is 2.56 bits per heavy atom. The number of rotatable bonds is 5. The van der Waals surface area contributed by atoms with Crippen LogP contribution in [0.3, 0.4) is 0 Å². The maximum atomic E-state index is 12.2. The smallest absolute Gasteiger partial charge is 0.349 e. The Kier molecular flexibility index (Phi) is 5.14. The Bertz CT molecular complexity index is 866. The van der Waals surface area contributed by atoms with Gasteiger partial charge in [-0.25, -0.2) is 4.79 Å². The summed E-state index contributed by atoms with van der Waals surface area (Å²) in [5.74, 6) is -0.783. The highest BCUT2D eigenvalue weighted by molar-refractivity contribution is 7.20. The fourth-order valence-electron chi connectivity index (χ4n) is 2.39. The van der Waals surface area contributed by atoms with E-state index in [1.807, 2.05) is 55.5 Å². The Morgan fingerprint density at radius 2 is 1.84 bits per heavy atom. The van der Waals surface area contributed by atoms with Crippen molar-refractivity contribution in [2.24, 2.45) is 0 Å². The molecule has 0 saturated carbocycles. The lowest BCUT2D eigenvalue weighted by atomic mass is 10.1. The first-order valence-corrected chi connectivity index (χ1v) is 8.87. The summed E-state index contributed by atoms with van der Waals surface area (Å²) >= 11 is 1.36. The molecule has 0 radical (unpaired) electrons. The molecule has 3 aromatic rings. The number of aryl methyl sites for hydroxylation is 1. The van der Waals surface area contributed by atoms with Crippen LogP contribution in [-0.2, 0) is 16.1 Å². The Morgan fingerprint density at radius 1 is 1.12 bits per heavy atom. The van der Waals surface area contributed by atoms with E-state index in [4.69, 9.17) is 4.74 Å². The van der Waals surface area contributed by atoms with Crippen LogP contribution in [0.15, 0.2) is 54.6 Å². The molecule has 1 atom stereocenters. The van der Waals surface area contributed by atoms with Crippen molar-refractivity contribution in [2.75, 3.05) is 0 Å². The molecular formula is C20H19NO3S. The van der Waals surface area contributed by atoms with E-state index < -0.39 is 12.1 Å². The summed E-state index contributed by atoms with van der Waals surface area (Å²) in [6.07, 6.45) is -0.844. The molecule has 0 aliphatic rings. The number of amides is 1. The molecule has 0 saturated heterocycles. The van der Waals surface area contributed by atoms with Gasteiger partial charge in [0, 0.05) is 11.2 Å². The molecule has 0 bridgehead atoms. The summed E-state index contributed by atoms with van der Waals surface area (Å²) in [6.45, 7) is 4.00. The van der Waals surface area contributed by atoms with Crippen LogP contribution >= 0.6 is 11.3 Å². The molecule has 3 rings (SSSR count). The minimum atomic E-state index is -0.844. The second-order valence-electron chi connectivity index (χ2n) is 5.90. The number of esters is 1. The Hall–Kier alpha value is -2.66. The molecule has 128 valence electrons. The van der Waals surface area contributed by atoms with Gasteiger partial charge in [-0.1, -0.05) is 48.0 Å². The van der Waals surface area contributed by atoms with Crippen molar-refractivity contribution in [1.82, 2.24) is 5.32 Å². The van der Waals surface area contributed by atoms with Crippen molar-refractivity contribution >= 4 is 33.3 Å². The summed E-state index contributed by atoms with van der Waals surface area (Å²) in [5, 5.41) is 3.79. The highest BCUT2D eigenvalue weighted by Gasteiger charge is 2.20. The van der Waals surface area contributed by atoms with Crippen molar-refractivity contribution in [3.63, 3.8) is 0 Å². The van der Waals surface area contributed by atoms with Gasteiger partial charge < -0.3 is 10.1 Å². The van der Waals surface area contributed by atoms with E-state index in [2.05, 4.69) is 5.32 Å². The molecule has 5 heteroatoms. The van der Waals surface area contributed by atoms with Gasteiger partial charge in [0.2, 0.25) is 0 Å². The van der Waals surface area contributed by atoms with Gasteiger partial charge in [-0.05, 0) is 36.9 Å². The fourth-order valence-corrected chi connectivity index (χ4v) is 3.34. The van der Waals surface area contributed by atoms with Gasteiger partial charge in [-0.3, -0.25) is 4.79 Å². The predicted molar refractivity (Wildman–Crippen MR) is 99.7 cm³/mol. The average Bonchev–Trinajstić information content (AvgIpc) is 3.05. The normalized spacial score (nSPS) is 11.9. The molecule has 25 heavy (non-hydrogen) atoms. The average molecular weight is 353 g/mol. The molecule has 0 spiro atoms. The molecule has 1 aromatic heterocycles. The van der Waals surface area contributed by atoms with Gasteiger partial charge in [0.1, 0.15) is 4.88 Å². The quantitative estimate of drug-likeness (QED) is 0.704. The number of ether oxygens (including phenoxy) is 1. The largest absolute Gasteiger partial charge is 0.448 e. The van der Waals surface area contributed by atoms with E-state index in [-0.39, 0.29) is 5.91 Å². The SMILES string of the molecule is Cc1ccc(CNC(=O)[C@H](C)OC(=O)c2cc3ccccc3s2)cc1. The van der Waals surface area contributed by atoms with Crippen LogP contribution in [0.25, 0.3) is 10.1 Å². The summed E-state index contributed by atoms with van der Waals surface area (Å²) in [5.41, 5.74) is 2.17. The van der Waals surface area contributed by atoms with Crippen molar-refractivity contribution in [3.8, 4) is 0 Å². The minimum Gasteiger partial charge on any atom is -0.448 e. The number of benzene rings is 2. The molecule has 0 fully saturated rings. The number of carbonyl (C=O) groups excluding carboxylic acids is 2. The van der Waals surface area contributed by atoms with Gasteiger partial charge in [0.15, 0.2) is 6.10 Å². The number of carbonyl (C=O) groups is 2. The molecule has 1 heterocycles. The Balaban J connectivity index is 1.56. The summed E-state index contributed by atoms with van der Waals surface area (Å²) in [6, 6.07) is 17.4. The van der Waals surface area contributed by atoms with E-state index in [0.29, 0.717) is 11.4 Å². The molecule has 0 aliphatic heterocycles. The van der Waals surface area contributed by atoms with Crippen LogP contribution in [-0.4, -0.2) is 18.0 Å². The zero-order chi connectivity index (χ0) is 17.8. The third kappa shape index (κ3) is 4.25. The van der Waals surface area contributed by atoms with Crippen molar-refractivity contribution in [1.29, 1.82) is 0 Å².